The van der Waals surface area contributed by atoms with E-state index in [1.54, 1.807) is 7.11 Å². The van der Waals surface area contributed by atoms with Crippen LogP contribution < -0.4 is 5.32 Å². The predicted octanol–water partition coefficient (Wildman–Crippen LogP) is 0.634. The van der Waals surface area contributed by atoms with E-state index in [2.05, 4.69) is 18.2 Å². The maximum absolute atomic E-state index is 5.06. The van der Waals surface area contributed by atoms with Crippen molar-refractivity contribution in [2.75, 3.05) is 20.3 Å². The third-order valence-electron chi connectivity index (χ3n) is 1.31. The Morgan fingerprint density at radius 1 is 1.70 bits per heavy atom. The fourth-order valence-electron chi connectivity index (χ4n) is 0.630. The largest absolute Gasteiger partial charge is 0.385 e. The summed E-state index contributed by atoms with van der Waals surface area (Å²) in [6.07, 6.45) is 6.07. The van der Waals surface area contributed by atoms with Crippen LogP contribution in [0.15, 0.2) is 0 Å². The summed E-state index contributed by atoms with van der Waals surface area (Å²) >= 11 is 0. The van der Waals surface area contributed by atoms with E-state index in [1.807, 2.05) is 0 Å². The van der Waals surface area contributed by atoms with Crippen molar-refractivity contribution in [1.82, 2.24) is 5.32 Å². The van der Waals surface area contributed by atoms with Crippen LogP contribution in [0.25, 0.3) is 0 Å². The zero-order valence-electron chi connectivity index (χ0n) is 6.68. The minimum absolute atomic E-state index is 0.455. The molecule has 0 rings (SSSR count). The molecular weight excluding hydrogens is 126 g/mol. The first-order chi connectivity index (χ1) is 4.81. The average Bonchev–Trinajstić information content (AvgIpc) is 1.97. The Bertz CT molecular complexity index is 106. The Kier molecular flexibility index (Phi) is 6.25. The van der Waals surface area contributed by atoms with Gasteiger partial charge in [-0.15, -0.1) is 6.42 Å². The average molecular weight is 141 g/mol. The lowest BCUT2D eigenvalue weighted by Crippen LogP contribution is -2.27. The Labute approximate surface area is 63.0 Å². The molecule has 0 saturated heterocycles. The maximum atomic E-state index is 5.06. The van der Waals surface area contributed by atoms with E-state index in [0.717, 1.165) is 13.0 Å². The van der Waals surface area contributed by atoms with Crippen molar-refractivity contribution in [3.05, 3.63) is 0 Å². The topological polar surface area (TPSA) is 21.3 Å². The molecule has 0 aromatic carbocycles. The number of hydrogen-bond donors (Lipinski definition) is 1. The SMILES string of the molecule is C#CCNC(C)CCOC. The normalized spacial score (nSPS) is 12.5. The Hall–Kier alpha value is -0.520. The molecular formula is C8H15NO. The first kappa shape index (κ1) is 9.48. The highest BCUT2D eigenvalue weighted by Crippen LogP contribution is 1.88. The second kappa shape index (κ2) is 6.60. The van der Waals surface area contributed by atoms with Gasteiger partial charge in [-0.3, -0.25) is 0 Å². The summed E-state index contributed by atoms with van der Waals surface area (Å²) in [6.45, 7) is 3.53. The van der Waals surface area contributed by atoms with Gasteiger partial charge in [0, 0.05) is 19.8 Å². The predicted molar refractivity (Wildman–Crippen MR) is 42.8 cm³/mol. The quantitative estimate of drug-likeness (QED) is 0.567. The third kappa shape index (κ3) is 5.61. The minimum Gasteiger partial charge on any atom is -0.385 e. The van der Waals surface area contributed by atoms with E-state index in [0.29, 0.717) is 12.6 Å². The first-order valence-corrected chi connectivity index (χ1v) is 3.47. The molecule has 0 aliphatic rings. The fraction of sp³-hybridized carbons (Fsp3) is 0.750. The lowest BCUT2D eigenvalue weighted by molar-refractivity contribution is 0.185. The summed E-state index contributed by atoms with van der Waals surface area (Å²) in [4.78, 5) is 0. The van der Waals surface area contributed by atoms with Crippen LogP contribution in [0.2, 0.25) is 0 Å². The minimum atomic E-state index is 0.455. The first-order valence-electron chi connectivity index (χ1n) is 3.47. The molecule has 1 atom stereocenters. The molecule has 2 nitrogen and oxygen atoms in total. The van der Waals surface area contributed by atoms with Gasteiger partial charge in [0.25, 0.3) is 0 Å². The summed E-state index contributed by atoms with van der Waals surface area (Å²) in [7, 11) is 1.70. The second-order valence-electron chi connectivity index (χ2n) is 2.27. The van der Waals surface area contributed by atoms with Gasteiger partial charge in [-0.25, -0.2) is 0 Å². The van der Waals surface area contributed by atoms with Crippen molar-refractivity contribution in [2.45, 2.75) is 19.4 Å². The highest BCUT2D eigenvalue weighted by molar-refractivity contribution is 4.87. The van der Waals surface area contributed by atoms with Crippen molar-refractivity contribution >= 4 is 0 Å². The summed E-state index contributed by atoms with van der Waals surface area (Å²) in [5, 5.41) is 3.15. The highest BCUT2D eigenvalue weighted by atomic mass is 16.5. The molecule has 1 unspecified atom stereocenters. The van der Waals surface area contributed by atoms with E-state index in [1.165, 1.54) is 0 Å². The summed E-state index contributed by atoms with van der Waals surface area (Å²) in [5.41, 5.74) is 0. The molecule has 0 amide bonds. The van der Waals surface area contributed by atoms with Gasteiger partial charge in [-0.1, -0.05) is 5.92 Å². The molecule has 0 aliphatic heterocycles. The van der Waals surface area contributed by atoms with Crippen molar-refractivity contribution in [2.24, 2.45) is 0 Å². The molecule has 0 heterocycles. The number of methoxy groups -OCH3 is 1. The molecule has 0 aromatic rings. The Morgan fingerprint density at radius 2 is 2.40 bits per heavy atom. The van der Waals surface area contributed by atoms with Gasteiger partial charge in [-0.2, -0.15) is 0 Å². The van der Waals surface area contributed by atoms with Gasteiger partial charge in [0.1, 0.15) is 0 Å². The van der Waals surface area contributed by atoms with Crippen LogP contribution >= 0.6 is 0 Å². The molecule has 1 N–H and O–H groups in total. The second-order valence-corrected chi connectivity index (χ2v) is 2.27. The van der Waals surface area contributed by atoms with Crippen LogP contribution in [0.4, 0.5) is 0 Å². The van der Waals surface area contributed by atoms with Gasteiger partial charge in [0.2, 0.25) is 0 Å². The van der Waals surface area contributed by atoms with Crippen LogP contribution in [0.5, 0.6) is 0 Å². The van der Waals surface area contributed by atoms with Crippen LogP contribution in [0.1, 0.15) is 13.3 Å². The van der Waals surface area contributed by atoms with Crippen LogP contribution in [-0.4, -0.2) is 26.3 Å². The number of terminal acetylenes is 1. The molecule has 58 valence electrons. The summed E-state index contributed by atoms with van der Waals surface area (Å²) < 4.78 is 4.90. The lowest BCUT2D eigenvalue weighted by Gasteiger charge is -2.09. The third-order valence-corrected chi connectivity index (χ3v) is 1.31. The zero-order chi connectivity index (χ0) is 7.82. The number of hydrogen-bond acceptors (Lipinski definition) is 2. The van der Waals surface area contributed by atoms with Crippen molar-refractivity contribution in [3.63, 3.8) is 0 Å². The van der Waals surface area contributed by atoms with Crippen LogP contribution in [0, 0.1) is 12.3 Å². The Morgan fingerprint density at radius 3 is 2.90 bits per heavy atom. The molecule has 0 aliphatic carbocycles. The van der Waals surface area contributed by atoms with Gasteiger partial charge in [-0.05, 0) is 13.3 Å². The molecule has 0 fully saturated rings. The molecule has 0 saturated carbocycles. The lowest BCUT2D eigenvalue weighted by atomic mass is 10.2. The van der Waals surface area contributed by atoms with Crippen LogP contribution in [-0.2, 0) is 4.74 Å². The fourth-order valence-corrected chi connectivity index (χ4v) is 0.630. The number of nitrogens with one attached hydrogen (secondary N) is 1. The standard InChI is InChI=1S/C8H15NO/c1-4-6-9-8(2)5-7-10-3/h1,8-9H,5-7H2,2-3H3. The number of rotatable bonds is 5. The molecule has 2 heteroatoms. The van der Waals surface area contributed by atoms with E-state index >= 15 is 0 Å². The van der Waals surface area contributed by atoms with E-state index in [4.69, 9.17) is 11.2 Å². The van der Waals surface area contributed by atoms with Crippen LogP contribution in [0.3, 0.4) is 0 Å². The Balaban J connectivity index is 3.10. The molecule has 0 bridgehead atoms. The van der Waals surface area contributed by atoms with Gasteiger partial charge >= 0.3 is 0 Å². The molecule has 0 radical (unpaired) electrons. The van der Waals surface area contributed by atoms with Gasteiger partial charge in [0.05, 0.1) is 6.54 Å². The highest BCUT2D eigenvalue weighted by Gasteiger charge is 1.96. The summed E-state index contributed by atoms with van der Waals surface area (Å²) in [6, 6.07) is 0.455. The monoisotopic (exact) mass is 141 g/mol. The van der Waals surface area contributed by atoms with Crippen molar-refractivity contribution < 1.29 is 4.74 Å². The smallest absolute Gasteiger partial charge is 0.0575 e. The number of ether oxygens (including phenoxy) is 1. The van der Waals surface area contributed by atoms with Crippen molar-refractivity contribution in [1.29, 1.82) is 0 Å². The maximum Gasteiger partial charge on any atom is 0.0575 e. The molecule has 0 spiro atoms. The van der Waals surface area contributed by atoms with E-state index in [9.17, 15) is 0 Å². The molecule has 0 aromatic heterocycles. The van der Waals surface area contributed by atoms with Crippen molar-refractivity contribution in [3.8, 4) is 12.3 Å². The summed E-state index contributed by atoms with van der Waals surface area (Å²) in [5.74, 6) is 2.52. The zero-order valence-corrected chi connectivity index (χ0v) is 6.68. The van der Waals surface area contributed by atoms with E-state index in [-0.39, 0.29) is 0 Å². The van der Waals surface area contributed by atoms with Gasteiger partial charge in [0.15, 0.2) is 0 Å². The van der Waals surface area contributed by atoms with E-state index < -0.39 is 0 Å². The van der Waals surface area contributed by atoms with Gasteiger partial charge < -0.3 is 10.1 Å². The molecule has 10 heavy (non-hydrogen) atoms.